The van der Waals surface area contributed by atoms with E-state index < -0.39 is 11.0 Å². The second-order valence-electron chi connectivity index (χ2n) is 2.53. The van der Waals surface area contributed by atoms with Gasteiger partial charge in [0.15, 0.2) is 0 Å². The van der Waals surface area contributed by atoms with E-state index in [0.29, 0.717) is 12.8 Å². The number of alkyl halides is 1. The molecule has 0 spiro atoms. The van der Waals surface area contributed by atoms with Crippen molar-refractivity contribution in [3.63, 3.8) is 0 Å². The summed E-state index contributed by atoms with van der Waals surface area (Å²) in [6.07, 6.45) is 0.147. The molecule has 0 aliphatic heterocycles. The minimum absolute atomic E-state index is 0.0311. The van der Waals surface area contributed by atoms with E-state index in [0.717, 1.165) is 0 Å². The number of halogens is 1. The molecule has 0 rings (SSSR count). The first-order valence-electron chi connectivity index (χ1n) is 3.46. The summed E-state index contributed by atoms with van der Waals surface area (Å²) in [5.41, 5.74) is 0. The first-order valence-corrected chi connectivity index (χ1v) is 3.90. The molecule has 11 heavy (non-hydrogen) atoms. The van der Waals surface area contributed by atoms with Crippen molar-refractivity contribution >= 4 is 11.6 Å². The van der Waals surface area contributed by atoms with Crippen LogP contribution in [0.1, 0.15) is 19.8 Å². The third-order valence-electron chi connectivity index (χ3n) is 1.26. The van der Waals surface area contributed by atoms with Gasteiger partial charge in [-0.05, 0) is 19.8 Å². The van der Waals surface area contributed by atoms with Crippen LogP contribution in [0.2, 0.25) is 0 Å². The smallest absolute Gasteiger partial charge is 0.229 e. The Hall–Kier alpha value is -0.350. The minimum atomic E-state index is -0.855. The minimum Gasteiger partial charge on any atom is -0.386 e. The first-order chi connectivity index (χ1) is 5.02. The molecular weight excluding hydrogens is 170 g/mol. The highest BCUT2D eigenvalue weighted by molar-refractivity contribution is 6.20. The molecule has 0 heterocycles. The lowest BCUT2D eigenvalue weighted by atomic mass is 10.1. The molecule has 0 aliphatic carbocycles. The summed E-state index contributed by atoms with van der Waals surface area (Å²) in [5.74, 6) is 0. The highest BCUT2D eigenvalue weighted by Crippen LogP contribution is 2.06. The largest absolute Gasteiger partial charge is 0.386 e. The number of nitro groups is 1. The van der Waals surface area contributed by atoms with Gasteiger partial charge >= 0.3 is 0 Å². The Morgan fingerprint density at radius 2 is 2.18 bits per heavy atom. The zero-order valence-corrected chi connectivity index (χ0v) is 7.12. The molecule has 0 radical (unpaired) electrons. The maximum absolute atomic E-state index is 9.87. The van der Waals surface area contributed by atoms with Gasteiger partial charge in [-0.1, -0.05) is 0 Å². The van der Waals surface area contributed by atoms with Crippen molar-refractivity contribution in [2.24, 2.45) is 0 Å². The van der Waals surface area contributed by atoms with Crippen LogP contribution in [0, 0.1) is 10.1 Å². The van der Waals surface area contributed by atoms with Crippen LogP contribution < -0.4 is 0 Å². The van der Waals surface area contributed by atoms with Crippen molar-refractivity contribution in [1.82, 2.24) is 0 Å². The topological polar surface area (TPSA) is 63.4 Å². The van der Waals surface area contributed by atoms with Gasteiger partial charge in [-0.3, -0.25) is 10.1 Å². The first kappa shape index (κ1) is 10.7. The van der Waals surface area contributed by atoms with Crippen LogP contribution in [-0.2, 0) is 0 Å². The second kappa shape index (κ2) is 5.32. The number of aliphatic hydroxyl groups is 1. The fourth-order valence-electron chi connectivity index (χ4n) is 0.685. The standard InChI is InChI=1S/C6H12ClNO3/c1-5(7)2-3-6(9)4-8(10)11/h5-6,9H,2-4H2,1H3. The number of rotatable bonds is 5. The van der Waals surface area contributed by atoms with E-state index in [9.17, 15) is 10.1 Å². The van der Waals surface area contributed by atoms with E-state index in [4.69, 9.17) is 16.7 Å². The second-order valence-corrected chi connectivity index (χ2v) is 3.27. The number of nitrogens with zero attached hydrogens (tertiary/aromatic N) is 1. The monoisotopic (exact) mass is 181 g/mol. The third-order valence-corrected chi connectivity index (χ3v) is 1.48. The van der Waals surface area contributed by atoms with Crippen molar-refractivity contribution in [2.45, 2.75) is 31.2 Å². The zero-order valence-electron chi connectivity index (χ0n) is 6.36. The Labute approximate surface area is 70.3 Å². The van der Waals surface area contributed by atoms with E-state index in [-0.39, 0.29) is 11.9 Å². The molecule has 0 saturated carbocycles. The van der Waals surface area contributed by atoms with Crippen LogP contribution in [0.4, 0.5) is 0 Å². The van der Waals surface area contributed by atoms with Gasteiger partial charge in [-0.2, -0.15) is 0 Å². The summed E-state index contributed by atoms with van der Waals surface area (Å²) < 4.78 is 0. The Bertz CT molecular complexity index is 129. The van der Waals surface area contributed by atoms with Gasteiger partial charge < -0.3 is 5.11 Å². The number of aliphatic hydroxyl groups excluding tert-OH is 1. The molecule has 0 saturated heterocycles. The zero-order chi connectivity index (χ0) is 8.85. The quantitative estimate of drug-likeness (QED) is 0.392. The summed E-state index contributed by atoms with van der Waals surface area (Å²) >= 11 is 5.58. The van der Waals surface area contributed by atoms with Gasteiger partial charge in [-0.25, -0.2) is 0 Å². The average molecular weight is 182 g/mol. The van der Waals surface area contributed by atoms with E-state index in [1.165, 1.54) is 0 Å². The molecule has 0 aliphatic rings. The molecule has 0 aromatic heterocycles. The highest BCUT2D eigenvalue weighted by Gasteiger charge is 2.11. The summed E-state index contributed by atoms with van der Waals surface area (Å²) in [6.45, 7) is 1.41. The highest BCUT2D eigenvalue weighted by atomic mass is 35.5. The van der Waals surface area contributed by atoms with Crippen LogP contribution in [-0.4, -0.2) is 28.1 Å². The molecular formula is C6H12ClNO3. The van der Waals surface area contributed by atoms with E-state index in [2.05, 4.69) is 0 Å². The molecule has 5 heteroatoms. The molecule has 66 valence electrons. The molecule has 0 fully saturated rings. The number of hydrogen-bond acceptors (Lipinski definition) is 3. The Balaban J connectivity index is 3.37. The van der Waals surface area contributed by atoms with Gasteiger partial charge in [0.2, 0.25) is 6.54 Å². The van der Waals surface area contributed by atoms with Crippen molar-refractivity contribution < 1.29 is 10.0 Å². The summed E-state index contributed by atoms with van der Waals surface area (Å²) in [6, 6.07) is 0. The fourth-order valence-corrected chi connectivity index (χ4v) is 0.811. The van der Waals surface area contributed by atoms with Crippen molar-refractivity contribution in [1.29, 1.82) is 0 Å². The molecule has 2 unspecified atom stereocenters. The lowest BCUT2D eigenvalue weighted by Crippen LogP contribution is -2.19. The normalized spacial score (nSPS) is 15.9. The van der Waals surface area contributed by atoms with Crippen LogP contribution in [0.5, 0.6) is 0 Å². The van der Waals surface area contributed by atoms with E-state index >= 15 is 0 Å². The molecule has 2 atom stereocenters. The molecule has 0 amide bonds. The van der Waals surface area contributed by atoms with E-state index in [1.807, 2.05) is 0 Å². The van der Waals surface area contributed by atoms with Gasteiger partial charge in [0.05, 0.1) is 0 Å². The summed E-state index contributed by atoms with van der Waals surface area (Å²) in [5, 5.41) is 18.8. The van der Waals surface area contributed by atoms with Crippen molar-refractivity contribution in [2.75, 3.05) is 6.54 Å². The molecule has 4 nitrogen and oxygen atoms in total. The summed E-state index contributed by atoms with van der Waals surface area (Å²) in [4.78, 5) is 9.34. The summed E-state index contributed by atoms with van der Waals surface area (Å²) in [7, 11) is 0. The molecule has 0 aromatic carbocycles. The maximum atomic E-state index is 9.87. The Morgan fingerprint density at radius 3 is 2.55 bits per heavy atom. The predicted octanol–water partition coefficient (Wildman–Crippen LogP) is 1.03. The average Bonchev–Trinajstić information content (AvgIpc) is 1.82. The predicted molar refractivity (Wildman–Crippen MR) is 42.4 cm³/mol. The van der Waals surface area contributed by atoms with Gasteiger partial charge in [-0.15, -0.1) is 11.6 Å². The van der Waals surface area contributed by atoms with Gasteiger partial charge in [0.1, 0.15) is 6.10 Å². The lowest BCUT2D eigenvalue weighted by molar-refractivity contribution is -0.490. The van der Waals surface area contributed by atoms with Gasteiger partial charge in [0, 0.05) is 10.3 Å². The lowest BCUT2D eigenvalue weighted by Gasteiger charge is -2.05. The van der Waals surface area contributed by atoms with Crippen LogP contribution in [0.15, 0.2) is 0 Å². The maximum Gasteiger partial charge on any atom is 0.229 e. The van der Waals surface area contributed by atoms with Crippen molar-refractivity contribution in [3.05, 3.63) is 10.1 Å². The van der Waals surface area contributed by atoms with Gasteiger partial charge in [0.25, 0.3) is 0 Å². The molecule has 0 aromatic rings. The van der Waals surface area contributed by atoms with E-state index in [1.54, 1.807) is 6.92 Å². The third kappa shape index (κ3) is 7.55. The van der Waals surface area contributed by atoms with Crippen molar-refractivity contribution in [3.8, 4) is 0 Å². The van der Waals surface area contributed by atoms with Crippen LogP contribution in [0.3, 0.4) is 0 Å². The Kier molecular flexibility index (Phi) is 5.15. The number of hydrogen-bond donors (Lipinski definition) is 1. The SMILES string of the molecule is CC(Cl)CCC(O)C[N+](=O)[O-]. The van der Waals surface area contributed by atoms with Crippen LogP contribution in [0.25, 0.3) is 0 Å². The van der Waals surface area contributed by atoms with Crippen LogP contribution >= 0.6 is 11.6 Å². The molecule has 1 N–H and O–H groups in total. The Morgan fingerprint density at radius 1 is 1.64 bits per heavy atom. The fraction of sp³-hybridized carbons (Fsp3) is 1.00. The molecule has 0 bridgehead atoms.